The summed E-state index contributed by atoms with van der Waals surface area (Å²) in [5.41, 5.74) is -1.14. The number of aryl methyl sites for hydroxylation is 1. The molecule has 1 aromatic heterocycles. The zero-order valence-electron chi connectivity index (χ0n) is 12.1. The Morgan fingerprint density at radius 2 is 2.10 bits per heavy atom. The van der Waals surface area contributed by atoms with Gasteiger partial charge in [-0.25, -0.2) is 19.3 Å². The highest BCUT2D eigenvalue weighted by molar-refractivity contribution is 5.86. The van der Waals surface area contributed by atoms with Gasteiger partial charge in [-0.15, -0.1) is 0 Å². The smallest absolute Gasteiger partial charge is 0.329 e. The molecule has 1 aromatic rings. The topological polar surface area (TPSA) is 109 Å². The lowest BCUT2D eigenvalue weighted by Crippen LogP contribution is -2.58. The van der Waals surface area contributed by atoms with E-state index in [4.69, 9.17) is 0 Å². The standard InChI is InChI=1S/C13H21N5O3/c1-2-18-10(15-9-16-18)8-14-12(21)17-13(11(19)20)6-4-3-5-7-13/h9H,2-8H2,1H3,(H,19,20)(H2,14,17,21). The van der Waals surface area contributed by atoms with Crippen LogP contribution in [0.5, 0.6) is 0 Å². The molecule has 0 aromatic carbocycles. The molecule has 2 rings (SSSR count). The van der Waals surface area contributed by atoms with Gasteiger partial charge in [0, 0.05) is 6.54 Å². The summed E-state index contributed by atoms with van der Waals surface area (Å²) in [6.45, 7) is 2.81. The average molecular weight is 295 g/mol. The fourth-order valence-corrected chi connectivity index (χ4v) is 2.66. The number of nitrogens with zero attached hydrogens (tertiary/aromatic N) is 3. The maximum absolute atomic E-state index is 12.0. The molecule has 1 aliphatic carbocycles. The molecule has 1 aliphatic rings. The van der Waals surface area contributed by atoms with Crippen LogP contribution in [0.2, 0.25) is 0 Å². The largest absolute Gasteiger partial charge is 0.480 e. The summed E-state index contributed by atoms with van der Waals surface area (Å²) in [5.74, 6) is -0.324. The summed E-state index contributed by atoms with van der Waals surface area (Å²) in [6, 6.07) is -0.482. The van der Waals surface area contributed by atoms with Crippen LogP contribution in [0, 0.1) is 0 Å². The normalized spacial score (nSPS) is 17.2. The minimum atomic E-state index is -1.14. The van der Waals surface area contributed by atoms with Crippen molar-refractivity contribution in [2.24, 2.45) is 0 Å². The molecule has 0 spiro atoms. The maximum atomic E-state index is 12.0. The number of hydrogen-bond donors (Lipinski definition) is 3. The number of amides is 2. The van der Waals surface area contributed by atoms with Gasteiger partial charge >= 0.3 is 12.0 Å². The van der Waals surface area contributed by atoms with E-state index >= 15 is 0 Å². The number of aliphatic carboxylic acids is 1. The van der Waals surface area contributed by atoms with Gasteiger partial charge in [-0.2, -0.15) is 5.10 Å². The zero-order valence-corrected chi connectivity index (χ0v) is 12.1. The first-order chi connectivity index (χ1) is 10.1. The monoisotopic (exact) mass is 295 g/mol. The van der Waals surface area contributed by atoms with Crippen molar-refractivity contribution in [1.82, 2.24) is 25.4 Å². The van der Waals surface area contributed by atoms with Gasteiger partial charge in [-0.3, -0.25) is 0 Å². The number of rotatable bonds is 5. The minimum absolute atomic E-state index is 0.218. The summed E-state index contributed by atoms with van der Waals surface area (Å²) < 4.78 is 1.67. The zero-order chi connectivity index (χ0) is 15.3. The van der Waals surface area contributed by atoms with Crippen LogP contribution < -0.4 is 10.6 Å². The van der Waals surface area contributed by atoms with E-state index in [1.54, 1.807) is 4.68 Å². The highest BCUT2D eigenvalue weighted by atomic mass is 16.4. The lowest BCUT2D eigenvalue weighted by Gasteiger charge is -2.33. The quantitative estimate of drug-likeness (QED) is 0.747. The van der Waals surface area contributed by atoms with Crippen LogP contribution in [0.25, 0.3) is 0 Å². The highest BCUT2D eigenvalue weighted by Crippen LogP contribution is 2.28. The third kappa shape index (κ3) is 3.50. The molecule has 1 heterocycles. The second kappa shape index (κ2) is 6.55. The van der Waals surface area contributed by atoms with Crippen LogP contribution in [0.3, 0.4) is 0 Å². The Kier molecular flexibility index (Phi) is 4.77. The average Bonchev–Trinajstić information content (AvgIpc) is 2.93. The number of carboxylic acids is 1. The first-order valence-electron chi connectivity index (χ1n) is 7.23. The van der Waals surface area contributed by atoms with Crippen molar-refractivity contribution in [3.63, 3.8) is 0 Å². The molecular formula is C13H21N5O3. The third-order valence-electron chi connectivity index (χ3n) is 3.87. The van der Waals surface area contributed by atoms with Gasteiger partial charge in [0.1, 0.15) is 17.7 Å². The van der Waals surface area contributed by atoms with Crippen LogP contribution in [-0.2, 0) is 17.9 Å². The van der Waals surface area contributed by atoms with E-state index in [1.165, 1.54) is 6.33 Å². The minimum Gasteiger partial charge on any atom is -0.480 e. The first-order valence-corrected chi connectivity index (χ1v) is 7.23. The van der Waals surface area contributed by atoms with E-state index in [0.29, 0.717) is 25.2 Å². The molecule has 1 fully saturated rings. The number of urea groups is 1. The second-order valence-corrected chi connectivity index (χ2v) is 5.25. The van der Waals surface area contributed by atoms with E-state index in [-0.39, 0.29) is 6.54 Å². The van der Waals surface area contributed by atoms with Crippen molar-refractivity contribution in [2.45, 2.75) is 57.7 Å². The summed E-state index contributed by atoms with van der Waals surface area (Å²) in [7, 11) is 0. The molecule has 0 atom stereocenters. The van der Waals surface area contributed by atoms with Gasteiger partial charge in [-0.1, -0.05) is 19.3 Å². The Hall–Kier alpha value is -2.12. The SMILES string of the molecule is CCn1ncnc1CNC(=O)NC1(C(=O)O)CCCCC1. The van der Waals surface area contributed by atoms with Crippen LogP contribution in [-0.4, -0.2) is 37.4 Å². The number of aromatic nitrogens is 3. The Balaban J connectivity index is 1.92. The van der Waals surface area contributed by atoms with E-state index in [9.17, 15) is 14.7 Å². The Morgan fingerprint density at radius 1 is 1.38 bits per heavy atom. The molecular weight excluding hydrogens is 274 g/mol. The van der Waals surface area contributed by atoms with E-state index < -0.39 is 17.5 Å². The molecule has 2 amide bonds. The van der Waals surface area contributed by atoms with Crippen molar-refractivity contribution in [1.29, 1.82) is 0 Å². The van der Waals surface area contributed by atoms with Crippen molar-refractivity contribution >= 4 is 12.0 Å². The van der Waals surface area contributed by atoms with Gasteiger partial charge in [0.25, 0.3) is 0 Å². The van der Waals surface area contributed by atoms with Crippen molar-refractivity contribution in [2.75, 3.05) is 0 Å². The van der Waals surface area contributed by atoms with Crippen molar-refractivity contribution in [3.8, 4) is 0 Å². The summed E-state index contributed by atoms with van der Waals surface area (Å²) in [4.78, 5) is 27.5. The molecule has 8 heteroatoms. The molecule has 8 nitrogen and oxygen atoms in total. The van der Waals surface area contributed by atoms with Gasteiger partial charge < -0.3 is 15.7 Å². The van der Waals surface area contributed by atoms with Gasteiger partial charge in [-0.05, 0) is 19.8 Å². The van der Waals surface area contributed by atoms with Crippen molar-refractivity contribution < 1.29 is 14.7 Å². The molecule has 116 valence electrons. The number of hydrogen-bond acceptors (Lipinski definition) is 4. The van der Waals surface area contributed by atoms with E-state index in [1.807, 2.05) is 6.92 Å². The Labute approximate surface area is 122 Å². The Bertz CT molecular complexity index is 508. The molecule has 0 aliphatic heterocycles. The predicted molar refractivity (Wildman–Crippen MR) is 74.5 cm³/mol. The molecule has 0 bridgehead atoms. The lowest BCUT2D eigenvalue weighted by molar-refractivity contribution is -0.145. The summed E-state index contributed by atoms with van der Waals surface area (Å²) in [5, 5.41) is 18.7. The molecule has 0 saturated heterocycles. The van der Waals surface area contributed by atoms with Gasteiger partial charge in [0.05, 0.1) is 6.54 Å². The third-order valence-corrected chi connectivity index (χ3v) is 3.87. The highest BCUT2D eigenvalue weighted by Gasteiger charge is 2.40. The predicted octanol–water partition coefficient (Wildman–Crippen LogP) is 0.885. The Morgan fingerprint density at radius 3 is 2.71 bits per heavy atom. The van der Waals surface area contributed by atoms with Crippen LogP contribution in [0.4, 0.5) is 4.79 Å². The van der Waals surface area contributed by atoms with Crippen molar-refractivity contribution in [3.05, 3.63) is 12.2 Å². The van der Waals surface area contributed by atoms with E-state index in [2.05, 4.69) is 20.7 Å². The number of carbonyl (C=O) groups is 2. The van der Waals surface area contributed by atoms with E-state index in [0.717, 1.165) is 19.3 Å². The van der Waals surface area contributed by atoms with Crippen LogP contribution >= 0.6 is 0 Å². The van der Waals surface area contributed by atoms with Gasteiger partial charge in [0.15, 0.2) is 0 Å². The lowest BCUT2D eigenvalue weighted by atomic mass is 9.82. The summed E-state index contributed by atoms with van der Waals surface area (Å²) >= 11 is 0. The fourth-order valence-electron chi connectivity index (χ4n) is 2.66. The first kappa shape index (κ1) is 15.3. The van der Waals surface area contributed by atoms with Crippen LogP contribution in [0.1, 0.15) is 44.9 Å². The second-order valence-electron chi connectivity index (χ2n) is 5.25. The number of nitrogens with one attached hydrogen (secondary N) is 2. The summed E-state index contributed by atoms with van der Waals surface area (Å²) in [6.07, 6.45) is 5.02. The number of carboxylic acid groups (broad SMARTS) is 1. The molecule has 0 unspecified atom stereocenters. The maximum Gasteiger partial charge on any atom is 0.329 e. The number of carbonyl (C=O) groups excluding carboxylic acids is 1. The molecule has 1 saturated carbocycles. The molecule has 3 N–H and O–H groups in total. The molecule has 21 heavy (non-hydrogen) atoms. The molecule has 0 radical (unpaired) electrons. The van der Waals surface area contributed by atoms with Gasteiger partial charge in [0.2, 0.25) is 0 Å². The fraction of sp³-hybridized carbons (Fsp3) is 0.692. The van der Waals surface area contributed by atoms with Crippen LogP contribution in [0.15, 0.2) is 6.33 Å².